The lowest BCUT2D eigenvalue weighted by Crippen LogP contribution is -2.37. The molecule has 1 atom stereocenters. The molecule has 0 spiro atoms. The Morgan fingerprint density at radius 2 is 1.90 bits per heavy atom. The molecule has 1 saturated heterocycles. The van der Waals surface area contributed by atoms with Gasteiger partial charge in [-0.15, -0.1) is 0 Å². The van der Waals surface area contributed by atoms with E-state index in [1.807, 2.05) is 12.1 Å². The van der Waals surface area contributed by atoms with E-state index >= 15 is 0 Å². The maximum atomic E-state index is 12.6. The Bertz CT molecular complexity index is 857. The van der Waals surface area contributed by atoms with Crippen molar-refractivity contribution < 1.29 is 4.79 Å². The fourth-order valence-corrected chi connectivity index (χ4v) is 4.80. The topological polar surface area (TPSA) is 35.6 Å². The minimum absolute atomic E-state index is 0.109. The predicted octanol–water partition coefficient (Wildman–Crippen LogP) is 3.87. The monoisotopic (exact) mass is 391 g/mol. The van der Waals surface area contributed by atoms with Crippen LogP contribution in [-0.2, 0) is 17.6 Å². The summed E-state index contributed by atoms with van der Waals surface area (Å²) in [6, 6.07) is 15.4. The van der Waals surface area contributed by atoms with Gasteiger partial charge in [-0.2, -0.15) is 0 Å². The maximum Gasteiger partial charge on any atom is 0.224 e. The molecule has 1 fully saturated rings. The van der Waals surface area contributed by atoms with Gasteiger partial charge in [0.2, 0.25) is 5.91 Å². The second kappa shape index (κ2) is 9.00. The summed E-state index contributed by atoms with van der Waals surface area (Å²) in [5.74, 6) is 0.109. The van der Waals surface area contributed by atoms with E-state index in [1.165, 1.54) is 41.6 Å². The third-order valence-corrected chi connectivity index (χ3v) is 6.36. The molecule has 0 bridgehead atoms. The number of aryl methyl sites for hydroxylation is 2. The Kier molecular flexibility index (Phi) is 6.19. The van der Waals surface area contributed by atoms with Crippen LogP contribution in [0.1, 0.15) is 47.6 Å². The molecule has 0 aliphatic carbocycles. The molecule has 4 heteroatoms. The van der Waals surface area contributed by atoms with Crippen LogP contribution in [0.15, 0.2) is 42.5 Å². The first-order valence-electron chi connectivity index (χ1n) is 11.0. The van der Waals surface area contributed by atoms with Gasteiger partial charge < -0.3 is 10.2 Å². The summed E-state index contributed by atoms with van der Waals surface area (Å²) < 4.78 is 0. The van der Waals surface area contributed by atoms with Gasteiger partial charge in [0, 0.05) is 25.8 Å². The molecular formula is C25H33N3O. The summed E-state index contributed by atoms with van der Waals surface area (Å²) in [5.41, 5.74) is 6.44. The zero-order valence-corrected chi connectivity index (χ0v) is 17.8. The van der Waals surface area contributed by atoms with Crippen molar-refractivity contribution in [2.24, 2.45) is 0 Å². The van der Waals surface area contributed by atoms with E-state index in [1.54, 1.807) is 0 Å². The maximum absolute atomic E-state index is 12.6. The van der Waals surface area contributed by atoms with Crippen molar-refractivity contribution in [1.29, 1.82) is 0 Å². The summed E-state index contributed by atoms with van der Waals surface area (Å²) in [6.45, 7) is 6.12. The number of fused-ring (bicyclic) bond motifs is 1. The van der Waals surface area contributed by atoms with Crippen molar-refractivity contribution in [3.63, 3.8) is 0 Å². The molecule has 2 aliphatic heterocycles. The van der Waals surface area contributed by atoms with Gasteiger partial charge in [0.25, 0.3) is 0 Å². The number of anilines is 1. The number of carbonyl (C=O) groups excluding carboxylic acids is 1. The summed E-state index contributed by atoms with van der Waals surface area (Å²) in [6.07, 6.45) is 5.32. The quantitative estimate of drug-likeness (QED) is 0.812. The highest BCUT2D eigenvalue weighted by Gasteiger charge is 2.25. The predicted molar refractivity (Wildman–Crippen MR) is 119 cm³/mol. The van der Waals surface area contributed by atoms with E-state index in [-0.39, 0.29) is 11.9 Å². The van der Waals surface area contributed by atoms with Gasteiger partial charge in [-0.1, -0.05) is 42.0 Å². The standard InChI is InChI=1S/C25H33N3O/c1-19-7-5-8-20(15-19)16-25(29)26-18-24(28-13-3-4-14-28)22-10-11-23-21(17-22)9-6-12-27(23)2/h5,7-8,10-11,15,17,24H,3-4,6,9,12-14,16,18H2,1-2H3,(H,26,29). The number of nitrogens with one attached hydrogen (secondary N) is 1. The van der Waals surface area contributed by atoms with E-state index in [2.05, 4.69) is 59.4 Å². The van der Waals surface area contributed by atoms with Crippen LogP contribution in [0.25, 0.3) is 0 Å². The van der Waals surface area contributed by atoms with Crippen LogP contribution in [0.3, 0.4) is 0 Å². The van der Waals surface area contributed by atoms with Gasteiger partial charge in [0.1, 0.15) is 0 Å². The van der Waals surface area contributed by atoms with Crippen molar-refractivity contribution >= 4 is 11.6 Å². The van der Waals surface area contributed by atoms with E-state index in [4.69, 9.17) is 0 Å². The first kappa shape index (κ1) is 20.0. The summed E-state index contributed by atoms with van der Waals surface area (Å²) in [4.78, 5) is 17.5. The first-order chi connectivity index (χ1) is 14.1. The van der Waals surface area contributed by atoms with E-state index in [0.717, 1.165) is 31.6 Å². The smallest absolute Gasteiger partial charge is 0.224 e. The summed E-state index contributed by atoms with van der Waals surface area (Å²) in [7, 11) is 2.18. The van der Waals surface area contributed by atoms with Crippen molar-refractivity contribution in [2.45, 2.75) is 45.1 Å². The molecule has 154 valence electrons. The van der Waals surface area contributed by atoms with Gasteiger partial charge >= 0.3 is 0 Å². The Morgan fingerprint density at radius 1 is 1.07 bits per heavy atom. The third-order valence-electron chi connectivity index (χ3n) is 6.36. The Morgan fingerprint density at radius 3 is 2.69 bits per heavy atom. The second-order valence-electron chi connectivity index (χ2n) is 8.64. The average Bonchev–Trinajstić information content (AvgIpc) is 3.23. The molecule has 0 radical (unpaired) electrons. The molecule has 2 aliphatic rings. The van der Waals surface area contributed by atoms with Gasteiger partial charge in [0.05, 0.1) is 12.5 Å². The highest BCUT2D eigenvalue weighted by molar-refractivity contribution is 5.78. The molecule has 0 aromatic heterocycles. The molecular weight excluding hydrogens is 358 g/mol. The lowest BCUT2D eigenvalue weighted by Gasteiger charge is -2.32. The van der Waals surface area contributed by atoms with Gasteiger partial charge in [-0.3, -0.25) is 9.69 Å². The highest BCUT2D eigenvalue weighted by Crippen LogP contribution is 2.31. The van der Waals surface area contributed by atoms with Crippen LogP contribution in [0.5, 0.6) is 0 Å². The fourth-order valence-electron chi connectivity index (χ4n) is 4.80. The fraction of sp³-hybridized carbons (Fsp3) is 0.480. The minimum Gasteiger partial charge on any atom is -0.374 e. The van der Waals surface area contributed by atoms with Crippen LogP contribution in [0, 0.1) is 6.92 Å². The van der Waals surface area contributed by atoms with Crippen LogP contribution >= 0.6 is 0 Å². The number of hydrogen-bond acceptors (Lipinski definition) is 3. The molecule has 4 nitrogen and oxygen atoms in total. The molecule has 4 rings (SSSR count). The number of hydrogen-bond donors (Lipinski definition) is 1. The largest absolute Gasteiger partial charge is 0.374 e. The minimum atomic E-state index is 0.109. The number of likely N-dealkylation sites (tertiary alicyclic amines) is 1. The molecule has 1 N–H and O–H groups in total. The first-order valence-corrected chi connectivity index (χ1v) is 11.0. The molecule has 2 aromatic carbocycles. The van der Waals surface area contributed by atoms with Crippen molar-refractivity contribution in [1.82, 2.24) is 10.2 Å². The second-order valence-corrected chi connectivity index (χ2v) is 8.64. The van der Waals surface area contributed by atoms with Crippen LogP contribution in [0.2, 0.25) is 0 Å². The van der Waals surface area contributed by atoms with Crippen molar-refractivity contribution in [3.8, 4) is 0 Å². The number of benzene rings is 2. The Balaban J connectivity index is 1.47. The highest BCUT2D eigenvalue weighted by atomic mass is 16.1. The van der Waals surface area contributed by atoms with Crippen molar-refractivity contribution in [3.05, 3.63) is 64.7 Å². The summed E-state index contributed by atoms with van der Waals surface area (Å²) in [5, 5.41) is 3.22. The van der Waals surface area contributed by atoms with Crippen LogP contribution in [-0.4, -0.2) is 44.0 Å². The Labute approximate surface area is 174 Å². The van der Waals surface area contributed by atoms with Crippen molar-refractivity contribution in [2.75, 3.05) is 38.1 Å². The molecule has 2 heterocycles. The SMILES string of the molecule is Cc1cccc(CC(=O)NCC(c2ccc3c(c2)CCCN3C)N2CCCC2)c1. The van der Waals surface area contributed by atoms with E-state index in [0.29, 0.717) is 13.0 Å². The average molecular weight is 392 g/mol. The summed E-state index contributed by atoms with van der Waals surface area (Å²) >= 11 is 0. The zero-order valence-electron chi connectivity index (χ0n) is 17.8. The lowest BCUT2D eigenvalue weighted by atomic mass is 9.96. The van der Waals surface area contributed by atoms with Gasteiger partial charge in [-0.25, -0.2) is 0 Å². The molecule has 1 amide bonds. The molecule has 1 unspecified atom stereocenters. The Hall–Kier alpha value is -2.33. The number of nitrogens with zero attached hydrogens (tertiary/aromatic N) is 2. The van der Waals surface area contributed by atoms with E-state index in [9.17, 15) is 4.79 Å². The molecule has 2 aromatic rings. The zero-order chi connectivity index (χ0) is 20.2. The lowest BCUT2D eigenvalue weighted by molar-refractivity contribution is -0.120. The molecule has 29 heavy (non-hydrogen) atoms. The van der Waals surface area contributed by atoms with Gasteiger partial charge in [-0.05, 0) is 68.5 Å². The number of amides is 1. The molecule has 0 saturated carbocycles. The normalized spacial score (nSPS) is 17.8. The van der Waals surface area contributed by atoms with E-state index < -0.39 is 0 Å². The third kappa shape index (κ3) is 4.81. The van der Waals surface area contributed by atoms with Crippen LogP contribution < -0.4 is 10.2 Å². The number of rotatable bonds is 6. The van der Waals surface area contributed by atoms with Gasteiger partial charge in [0.15, 0.2) is 0 Å². The number of carbonyl (C=O) groups is 1. The van der Waals surface area contributed by atoms with Crippen LogP contribution in [0.4, 0.5) is 5.69 Å².